The lowest BCUT2D eigenvalue weighted by Crippen LogP contribution is -2.43. The van der Waals surface area contributed by atoms with Gasteiger partial charge in [-0.25, -0.2) is 0 Å². The van der Waals surface area contributed by atoms with E-state index >= 15 is 0 Å². The van der Waals surface area contributed by atoms with E-state index in [0.29, 0.717) is 6.04 Å². The predicted octanol–water partition coefficient (Wildman–Crippen LogP) is 2.46. The lowest BCUT2D eigenvalue weighted by Gasteiger charge is -2.39. The number of hydrogen-bond acceptors (Lipinski definition) is 1. The van der Waals surface area contributed by atoms with Crippen molar-refractivity contribution in [2.24, 2.45) is 11.8 Å². The van der Waals surface area contributed by atoms with Crippen molar-refractivity contribution in [1.29, 1.82) is 0 Å². The molecule has 2 atom stereocenters. The molecular formula is C12H19N. The van der Waals surface area contributed by atoms with Gasteiger partial charge < -0.3 is 4.90 Å². The summed E-state index contributed by atoms with van der Waals surface area (Å²) in [5.41, 5.74) is 0. The van der Waals surface area contributed by atoms with Gasteiger partial charge in [0.15, 0.2) is 0 Å². The normalized spacial score (nSPS) is 33.8. The third-order valence-corrected chi connectivity index (χ3v) is 3.30. The summed E-state index contributed by atoms with van der Waals surface area (Å²) in [4.78, 5) is 2.59. The maximum Gasteiger partial charge on any atom is 0.00528 e. The molecule has 1 fully saturated rings. The number of fused-ring (bicyclic) bond motifs is 1. The standard InChI is InChI=1S/C12H19N/c1-10(2)13-8-7-11-5-3-4-6-12(11)9-13/h3-6,10-12H,7-9H2,1-2H3. The second-order valence-corrected chi connectivity index (χ2v) is 4.47. The van der Waals surface area contributed by atoms with Gasteiger partial charge in [0.1, 0.15) is 0 Å². The molecule has 1 heterocycles. The van der Waals surface area contributed by atoms with Crippen molar-refractivity contribution in [3.63, 3.8) is 0 Å². The summed E-state index contributed by atoms with van der Waals surface area (Å²) in [5.74, 6) is 1.60. The zero-order valence-corrected chi connectivity index (χ0v) is 8.61. The Balaban J connectivity index is 2.00. The van der Waals surface area contributed by atoms with Crippen molar-refractivity contribution in [3.05, 3.63) is 24.3 Å². The first-order valence-electron chi connectivity index (χ1n) is 5.36. The average Bonchev–Trinajstić information content (AvgIpc) is 2.17. The maximum atomic E-state index is 2.59. The molecule has 2 unspecified atom stereocenters. The van der Waals surface area contributed by atoms with Crippen LogP contribution in [0, 0.1) is 11.8 Å². The van der Waals surface area contributed by atoms with Crippen LogP contribution in [0.25, 0.3) is 0 Å². The Morgan fingerprint density at radius 3 is 2.54 bits per heavy atom. The quantitative estimate of drug-likeness (QED) is 0.594. The van der Waals surface area contributed by atoms with E-state index in [0.717, 1.165) is 11.8 Å². The summed E-state index contributed by atoms with van der Waals surface area (Å²) in [6.07, 6.45) is 10.5. The van der Waals surface area contributed by atoms with Crippen LogP contribution < -0.4 is 0 Å². The first kappa shape index (κ1) is 9.01. The molecule has 1 saturated heterocycles. The van der Waals surface area contributed by atoms with Crippen molar-refractivity contribution >= 4 is 0 Å². The van der Waals surface area contributed by atoms with E-state index in [-0.39, 0.29) is 0 Å². The molecule has 13 heavy (non-hydrogen) atoms. The number of hydrogen-bond donors (Lipinski definition) is 0. The number of nitrogens with zero attached hydrogens (tertiary/aromatic N) is 1. The summed E-state index contributed by atoms with van der Waals surface area (Å²) in [7, 11) is 0. The molecule has 0 spiro atoms. The van der Waals surface area contributed by atoms with E-state index in [4.69, 9.17) is 0 Å². The SMILES string of the molecule is CC(C)N1CCC2C=CC=CC2C1. The highest BCUT2D eigenvalue weighted by Crippen LogP contribution is 2.29. The van der Waals surface area contributed by atoms with Gasteiger partial charge in [0.2, 0.25) is 0 Å². The smallest absolute Gasteiger partial charge is 0.00528 e. The van der Waals surface area contributed by atoms with Crippen LogP contribution in [0.1, 0.15) is 20.3 Å². The second-order valence-electron chi connectivity index (χ2n) is 4.47. The lowest BCUT2D eigenvalue weighted by atomic mass is 9.82. The van der Waals surface area contributed by atoms with Gasteiger partial charge in [0, 0.05) is 12.6 Å². The van der Waals surface area contributed by atoms with E-state index in [9.17, 15) is 0 Å². The Morgan fingerprint density at radius 2 is 1.85 bits per heavy atom. The van der Waals surface area contributed by atoms with E-state index in [1.165, 1.54) is 19.5 Å². The van der Waals surface area contributed by atoms with Crippen LogP contribution in [0.15, 0.2) is 24.3 Å². The highest BCUT2D eigenvalue weighted by molar-refractivity contribution is 5.15. The Morgan fingerprint density at radius 1 is 1.15 bits per heavy atom. The van der Waals surface area contributed by atoms with Crippen LogP contribution in [0.4, 0.5) is 0 Å². The van der Waals surface area contributed by atoms with Crippen LogP contribution in [0.5, 0.6) is 0 Å². The number of rotatable bonds is 1. The molecule has 2 aliphatic rings. The lowest BCUT2D eigenvalue weighted by molar-refractivity contribution is 0.132. The summed E-state index contributed by atoms with van der Waals surface area (Å²) < 4.78 is 0. The van der Waals surface area contributed by atoms with Gasteiger partial charge >= 0.3 is 0 Å². The van der Waals surface area contributed by atoms with Gasteiger partial charge in [-0.15, -0.1) is 0 Å². The van der Waals surface area contributed by atoms with Crippen molar-refractivity contribution in [2.75, 3.05) is 13.1 Å². The molecule has 1 aliphatic heterocycles. The van der Waals surface area contributed by atoms with Crippen molar-refractivity contribution < 1.29 is 0 Å². The van der Waals surface area contributed by atoms with Gasteiger partial charge in [-0.05, 0) is 38.6 Å². The minimum Gasteiger partial charge on any atom is -0.300 e. The zero-order valence-electron chi connectivity index (χ0n) is 8.61. The van der Waals surface area contributed by atoms with Crippen LogP contribution >= 0.6 is 0 Å². The molecule has 0 N–H and O–H groups in total. The van der Waals surface area contributed by atoms with E-state index in [1.807, 2.05) is 0 Å². The zero-order chi connectivity index (χ0) is 9.26. The predicted molar refractivity (Wildman–Crippen MR) is 56.6 cm³/mol. The second kappa shape index (κ2) is 3.67. The molecule has 0 saturated carbocycles. The monoisotopic (exact) mass is 177 g/mol. The molecule has 0 aromatic heterocycles. The van der Waals surface area contributed by atoms with Gasteiger partial charge in [0.05, 0.1) is 0 Å². The van der Waals surface area contributed by atoms with E-state index < -0.39 is 0 Å². The molecular weight excluding hydrogens is 158 g/mol. The third-order valence-electron chi connectivity index (χ3n) is 3.30. The molecule has 1 aliphatic carbocycles. The fourth-order valence-electron chi connectivity index (χ4n) is 2.35. The van der Waals surface area contributed by atoms with Crippen LogP contribution in [0.2, 0.25) is 0 Å². The van der Waals surface area contributed by atoms with Crippen molar-refractivity contribution in [2.45, 2.75) is 26.3 Å². The molecule has 0 aromatic rings. The molecule has 2 rings (SSSR count). The molecule has 1 nitrogen and oxygen atoms in total. The van der Waals surface area contributed by atoms with Crippen LogP contribution in [0.3, 0.4) is 0 Å². The highest BCUT2D eigenvalue weighted by atomic mass is 15.2. The third kappa shape index (κ3) is 1.86. The Labute approximate surface area is 81.1 Å². The molecule has 0 amide bonds. The first-order valence-corrected chi connectivity index (χ1v) is 5.36. The van der Waals surface area contributed by atoms with Crippen LogP contribution in [-0.2, 0) is 0 Å². The van der Waals surface area contributed by atoms with E-state index in [1.54, 1.807) is 0 Å². The number of allylic oxidation sites excluding steroid dienone is 3. The molecule has 1 heteroatoms. The van der Waals surface area contributed by atoms with Gasteiger partial charge in [-0.2, -0.15) is 0 Å². The minimum atomic E-state index is 0.709. The largest absolute Gasteiger partial charge is 0.300 e. The van der Waals surface area contributed by atoms with Crippen molar-refractivity contribution in [3.8, 4) is 0 Å². The highest BCUT2D eigenvalue weighted by Gasteiger charge is 2.27. The molecule has 0 aromatic carbocycles. The fourth-order valence-corrected chi connectivity index (χ4v) is 2.35. The molecule has 0 radical (unpaired) electrons. The molecule has 72 valence electrons. The fraction of sp³-hybridized carbons (Fsp3) is 0.667. The summed E-state index contributed by atoms with van der Waals surface area (Å²) in [6.45, 7) is 7.12. The summed E-state index contributed by atoms with van der Waals surface area (Å²) >= 11 is 0. The van der Waals surface area contributed by atoms with Gasteiger partial charge in [-0.3, -0.25) is 0 Å². The van der Waals surface area contributed by atoms with Crippen LogP contribution in [-0.4, -0.2) is 24.0 Å². The Bertz CT molecular complexity index is 227. The van der Waals surface area contributed by atoms with Crippen molar-refractivity contribution in [1.82, 2.24) is 4.90 Å². The number of piperidine rings is 1. The van der Waals surface area contributed by atoms with Gasteiger partial charge in [-0.1, -0.05) is 24.3 Å². The Kier molecular flexibility index (Phi) is 2.54. The first-order chi connectivity index (χ1) is 6.27. The topological polar surface area (TPSA) is 3.24 Å². The summed E-state index contributed by atoms with van der Waals surface area (Å²) in [5, 5.41) is 0. The molecule has 0 bridgehead atoms. The summed E-state index contributed by atoms with van der Waals surface area (Å²) in [6, 6.07) is 0.709. The average molecular weight is 177 g/mol. The number of likely N-dealkylation sites (tertiary alicyclic amines) is 1. The minimum absolute atomic E-state index is 0.709. The van der Waals surface area contributed by atoms with Gasteiger partial charge in [0.25, 0.3) is 0 Å². The maximum absolute atomic E-state index is 2.59. The van der Waals surface area contributed by atoms with E-state index in [2.05, 4.69) is 43.1 Å². The Hall–Kier alpha value is -0.560.